The van der Waals surface area contributed by atoms with Gasteiger partial charge in [0.05, 0.1) is 5.71 Å². The highest BCUT2D eigenvalue weighted by atomic mass is 16.6. The lowest BCUT2D eigenvalue weighted by molar-refractivity contribution is 0.112. The fraction of sp³-hybridized carbons (Fsp3) is 0.0667. The van der Waals surface area contributed by atoms with Crippen molar-refractivity contribution in [3.63, 3.8) is 0 Å². The lowest BCUT2D eigenvalue weighted by atomic mass is 10.1. The fourth-order valence-corrected chi connectivity index (χ4v) is 1.46. The van der Waals surface area contributed by atoms with Gasteiger partial charge in [0.25, 0.3) is 0 Å². The highest BCUT2D eigenvalue weighted by molar-refractivity contribution is 5.98. The summed E-state index contributed by atoms with van der Waals surface area (Å²) in [6.07, 6.45) is 0.794. The maximum Gasteiger partial charge on any atom is 0.158 e. The second-order valence-corrected chi connectivity index (χ2v) is 3.82. The quantitative estimate of drug-likeness (QED) is 0.466. The Hall–Kier alpha value is -2.42. The second kappa shape index (κ2) is 5.77. The van der Waals surface area contributed by atoms with Gasteiger partial charge in [-0.1, -0.05) is 35.5 Å². The summed E-state index contributed by atoms with van der Waals surface area (Å²) < 4.78 is 0. The summed E-state index contributed by atoms with van der Waals surface area (Å²) in [4.78, 5) is 15.8. The van der Waals surface area contributed by atoms with Gasteiger partial charge >= 0.3 is 0 Å². The van der Waals surface area contributed by atoms with Crippen LogP contribution in [0.15, 0.2) is 59.8 Å². The van der Waals surface area contributed by atoms with Crippen molar-refractivity contribution in [2.75, 3.05) is 0 Å². The normalized spacial score (nSPS) is 11.1. The van der Waals surface area contributed by atoms with Crippen LogP contribution in [-0.2, 0) is 0 Å². The molecule has 0 aliphatic carbocycles. The Labute approximate surface area is 106 Å². The van der Waals surface area contributed by atoms with Gasteiger partial charge in [0.2, 0.25) is 0 Å². The SMILES string of the molecule is CC(=NOc1ccc(C=O)cc1)c1ccccc1. The maximum absolute atomic E-state index is 10.5. The van der Waals surface area contributed by atoms with Gasteiger partial charge in [0.1, 0.15) is 6.29 Å². The number of carbonyl (C=O) groups is 1. The molecule has 0 spiro atoms. The third-order valence-corrected chi connectivity index (χ3v) is 2.50. The Morgan fingerprint density at radius 1 is 1.06 bits per heavy atom. The van der Waals surface area contributed by atoms with Gasteiger partial charge in [-0.05, 0) is 36.8 Å². The molecular formula is C15H13NO2. The standard InChI is InChI=1S/C15H13NO2/c1-12(14-5-3-2-4-6-14)16-18-15-9-7-13(11-17)8-10-15/h2-11H,1H3. The minimum Gasteiger partial charge on any atom is -0.357 e. The Morgan fingerprint density at radius 2 is 1.72 bits per heavy atom. The van der Waals surface area contributed by atoms with Crippen LogP contribution in [0, 0.1) is 0 Å². The Balaban J connectivity index is 2.08. The molecule has 0 aliphatic rings. The summed E-state index contributed by atoms with van der Waals surface area (Å²) in [5.74, 6) is 0.607. The molecule has 0 amide bonds. The van der Waals surface area contributed by atoms with E-state index in [9.17, 15) is 4.79 Å². The number of hydrogen-bond acceptors (Lipinski definition) is 3. The molecule has 3 heteroatoms. The van der Waals surface area contributed by atoms with E-state index in [4.69, 9.17) is 4.84 Å². The maximum atomic E-state index is 10.5. The van der Waals surface area contributed by atoms with Crippen LogP contribution in [0.3, 0.4) is 0 Å². The monoisotopic (exact) mass is 239 g/mol. The zero-order chi connectivity index (χ0) is 12.8. The van der Waals surface area contributed by atoms with Crippen molar-refractivity contribution in [3.8, 4) is 5.75 Å². The molecule has 18 heavy (non-hydrogen) atoms. The van der Waals surface area contributed by atoms with E-state index in [0.29, 0.717) is 11.3 Å². The summed E-state index contributed by atoms with van der Waals surface area (Å²) in [7, 11) is 0. The average molecular weight is 239 g/mol. The highest BCUT2D eigenvalue weighted by Crippen LogP contribution is 2.12. The Bertz CT molecular complexity index is 544. The van der Waals surface area contributed by atoms with Crippen LogP contribution in [0.5, 0.6) is 5.75 Å². The van der Waals surface area contributed by atoms with Gasteiger partial charge in [-0.3, -0.25) is 4.79 Å². The predicted molar refractivity (Wildman–Crippen MR) is 71.1 cm³/mol. The largest absolute Gasteiger partial charge is 0.357 e. The summed E-state index contributed by atoms with van der Waals surface area (Å²) in [6, 6.07) is 16.6. The molecule has 0 aliphatic heterocycles. The Kier molecular flexibility index (Phi) is 3.86. The van der Waals surface area contributed by atoms with E-state index < -0.39 is 0 Å². The van der Waals surface area contributed by atoms with E-state index in [1.165, 1.54) is 0 Å². The van der Waals surface area contributed by atoms with Crippen LogP contribution >= 0.6 is 0 Å². The van der Waals surface area contributed by atoms with Crippen LogP contribution in [0.25, 0.3) is 0 Å². The van der Waals surface area contributed by atoms with Crippen LogP contribution in [-0.4, -0.2) is 12.0 Å². The van der Waals surface area contributed by atoms with E-state index in [1.807, 2.05) is 37.3 Å². The van der Waals surface area contributed by atoms with Crippen molar-refractivity contribution < 1.29 is 9.63 Å². The van der Waals surface area contributed by atoms with Gasteiger partial charge in [-0.15, -0.1) is 0 Å². The number of aldehydes is 1. The number of benzene rings is 2. The lowest BCUT2D eigenvalue weighted by Crippen LogP contribution is -1.97. The zero-order valence-electron chi connectivity index (χ0n) is 10.0. The molecular weight excluding hydrogens is 226 g/mol. The van der Waals surface area contributed by atoms with Crippen molar-refractivity contribution in [1.29, 1.82) is 0 Å². The van der Waals surface area contributed by atoms with Crippen LogP contribution in [0.4, 0.5) is 0 Å². The van der Waals surface area contributed by atoms with Crippen LogP contribution in [0.1, 0.15) is 22.8 Å². The zero-order valence-corrected chi connectivity index (χ0v) is 10.0. The second-order valence-electron chi connectivity index (χ2n) is 3.82. The van der Waals surface area contributed by atoms with Gasteiger partial charge < -0.3 is 4.84 Å². The van der Waals surface area contributed by atoms with Crippen LogP contribution < -0.4 is 4.84 Å². The van der Waals surface area contributed by atoms with Crippen molar-refractivity contribution in [1.82, 2.24) is 0 Å². The van der Waals surface area contributed by atoms with Crippen molar-refractivity contribution in [2.45, 2.75) is 6.92 Å². The fourth-order valence-electron chi connectivity index (χ4n) is 1.46. The first-order valence-corrected chi connectivity index (χ1v) is 5.62. The van der Waals surface area contributed by atoms with Gasteiger partial charge in [-0.25, -0.2) is 0 Å². The predicted octanol–water partition coefficient (Wildman–Crippen LogP) is 3.30. The number of oxime groups is 1. The molecule has 0 radical (unpaired) electrons. The Morgan fingerprint density at radius 3 is 2.33 bits per heavy atom. The van der Waals surface area contributed by atoms with E-state index in [-0.39, 0.29) is 0 Å². The van der Waals surface area contributed by atoms with E-state index >= 15 is 0 Å². The number of rotatable bonds is 4. The third kappa shape index (κ3) is 3.04. The number of carbonyl (C=O) groups excluding carboxylic acids is 1. The first-order valence-electron chi connectivity index (χ1n) is 5.62. The van der Waals surface area contributed by atoms with E-state index in [2.05, 4.69) is 5.16 Å². The van der Waals surface area contributed by atoms with Gasteiger partial charge in [0, 0.05) is 5.56 Å². The first-order chi connectivity index (χ1) is 8.79. The summed E-state index contributed by atoms with van der Waals surface area (Å²) >= 11 is 0. The molecule has 90 valence electrons. The molecule has 0 N–H and O–H groups in total. The van der Waals surface area contributed by atoms with Gasteiger partial charge in [0.15, 0.2) is 5.75 Å². The number of hydrogen-bond donors (Lipinski definition) is 0. The molecule has 0 bridgehead atoms. The highest BCUT2D eigenvalue weighted by Gasteiger charge is 1.97. The van der Waals surface area contributed by atoms with Crippen LogP contribution in [0.2, 0.25) is 0 Å². The lowest BCUT2D eigenvalue weighted by Gasteiger charge is -2.02. The molecule has 0 unspecified atom stereocenters. The average Bonchev–Trinajstić information content (AvgIpc) is 2.46. The van der Waals surface area contributed by atoms with E-state index in [0.717, 1.165) is 17.6 Å². The van der Waals surface area contributed by atoms with E-state index in [1.54, 1.807) is 24.3 Å². The molecule has 2 aromatic rings. The van der Waals surface area contributed by atoms with Crippen molar-refractivity contribution in [2.24, 2.45) is 5.16 Å². The molecule has 0 saturated heterocycles. The molecule has 0 atom stereocenters. The summed E-state index contributed by atoms with van der Waals surface area (Å²) in [6.45, 7) is 1.88. The molecule has 2 aromatic carbocycles. The first kappa shape index (κ1) is 12.0. The van der Waals surface area contributed by atoms with Gasteiger partial charge in [-0.2, -0.15) is 0 Å². The number of nitrogens with zero attached hydrogens (tertiary/aromatic N) is 1. The molecule has 0 saturated carbocycles. The molecule has 0 heterocycles. The minimum atomic E-state index is 0.607. The van der Waals surface area contributed by atoms with Crippen molar-refractivity contribution >= 4 is 12.0 Å². The molecule has 2 rings (SSSR count). The minimum absolute atomic E-state index is 0.607. The molecule has 0 fully saturated rings. The molecule has 0 aromatic heterocycles. The summed E-state index contributed by atoms with van der Waals surface area (Å²) in [5, 5.41) is 4.05. The topological polar surface area (TPSA) is 38.7 Å². The smallest absolute Gasteiger partial charge is 0.158 e. The van der Waals surface area contributed by atoms with Crippen molar-refractivity contribution in [3.05, 3.63) is 65.7 Å². The third-order valence-electron chi connectivity index (χ3n) is 2.50. The summed E-state index contributed by atoms with van der Waals surface area (Å²) in [5.41, 5.74) is 2.43. The molecule has 3 nitrogen and oxygen atoms in total.